The number of likely N-dealkylation sites (tertiary alicyclic amines) is 1. The lowest BCUT2D eigenvalue weighted by Gasteiger charge is -2.29. The Bertz CT molecular complexity index is 999. The largest absolute Gasteiger partial charge is 0.492 e. The van der Waals surface area contributed by atoms with E-state index in [1.165, 1.54) is 16.7 Å². The van der Waals surface area contributed by atoms with Gasteiger partial charge in [0, 0.05) is 49.2 Å². The van der Waals surface area contributed by atoms with Crippen LogP contribution in [-0.2, 0) is 19.6 Å². The van der Waals surface area contributed by atoms with Crippen molar-refractivity contribution in [2.24, 2.45) is 0 Å². The molecule has 0 amide bonds. The monoisotopic (exact) mass is 435 g/mol. The summed E-state index contributed by atoms with van der Waals surface area (Å²) in [5.41, 5.74) is 4.80. The van der Waals surface area contributed by atoms with E-state index in [2.05, 4.69) is 57.6 Å². The van der Waals surface area contributed by atoms with Gasteiger partial charge in [-0.05, 0) is 30.5 Å². The zero-order valence-electron chi connectivity index (χ0n) is 17.7. The molecular weight excluding hydrogens is 406 g/mol. The summed E-state index contributed by atoms with van der Waals surface area (Å²) in [6.45, 7) is 6.19. The van der Waals surface area contributed by atoms with E-state index < -0.39 is 0 Å². The van der Waals surface area contributed by atoms with E-state index in [-0.39, 0.29) is 6.10 Å². The second-order valence-electron chi connectivity index (χ2n) is 8.50. The zero-order chi connectivity index (χ0) is 21.0. The summed E-state index contributed by atoms with van der Waals surface area (Å²) in [5, 5.41) is 13.0. The predicted octanol–water partition coefficient (Wildman–Crippen LogP) is 4.16. The smallest absolute Gasteiger partial charge is 0.123 e. The normalized spacial score (nSPS) is 18.4. The molecule has 31 heavy (non-hydrogen) atoms. The summed E-state index contributed by atoms with van der Waals surface area (Å²) in [6.07, 6.45) is 1.62. The molecule has 6 heteroatoms. The number of rotatable bonds is 5. The first-order chi connectivity index (χ1) is 15.2. The highest BCUT2D eigenvalue weighted by Crippen LogP contribution is 2.28. The minimum Gasteiger partial charge on any atom is -0.492 e. The van der Waals surface area contributed by atoms with E-state index in [9.17, 15) is 5.11 Å². The molecule has 0 atom stereocenters. The van der Waals surface area contributed by atoms with Gasteiger partial charge in [-0.15, -0.1) is 11.3 Å². The summed E-state index contributed by atoms with van der Waals surface area (Å²) in [7, 11) is 0. The first-order valence-electron chi connectivity index (χ1n) is 11.1. The fourth-order valence-electron chi connectivity index (χ4n) is 4.39. The van der Waals surface area contributed by atoms with Crippen molar-refractivity contribution < 1.29 is 9.84 Å². The van der Waals surface area contributed by atoms with Crippen LogP contribution in [0.4, 0.5) is 0 Å². The van der Waals surface area contributed by atoms with Gasteiger partial charge in [0.05, 0.1) is 18.3 Å². The van der Waals surface area contributed by atoms with E-state index in [1.807, 2.05) is 6.07 Å². The van der Waals surface area contributed by atoms with Gasteiger partial charge in [0.2, 0.25) is 0 Å². The summed E-state index contributed by atoms with van der Waals surface area (Å²) >= 11 is 1.73. The molecular formula is C25H29N3O2S. The van der Waals surface area contributed by atoms with Crippen LogP contribution >= 0.6 is 11.3 Å². The molecule has 1 N–H and O–H groups in total. The number of ether oxygens (including phenoxy) is 1. The summed E-state index contributed by atoms with van der Waals surface area (Å²) < 4.78 is 6.04. The van der Waals surface area contributed by atoms with Crippen LogP contribution in [0.15, 0.2) is 53.9 Å². The van der Waals surface area contributed by atoms with Crippen LogP contribution in [0.3, 0.4) is 0 Å². The Kier molecular flexibility index (Phi) is 6.32. The number of hydrogen-bond acceptors (Lipinski definition) is 6. The average molecular weight is 436 g/mol. The fraction of sp³-hybridized carbons (Fsp3) is 0.400. The Morgan fingerprint density at radius 1 is 1.00 bits per heavy atom. The number of benzene rings is 2. The molecule has 2 aromatic carbocycles. The SMILES string of the molecule is OC1CCN(Cc2ccc3c(c2)CN(Cc2nc(-c4ccccc4)cs2)CCO3)CC1. The van der Waals surface area contributed by atoms with Crippen molar-refractivity contribution in [1.29, 1.82) is 0 Å². The fourth-order valence-corrected chi connectivity index (χ4v) is 5.23. The number of aliphatic hydroxyl groups is 1. The molecule has 3 heterocycles. The summed E-state index contributed by atoms with van der Waals surface area (Å²) in [6, 6.07) is 17.0. The Labute approximate surface area is 187 Å². The van der Waals surface area contributed by atoms with Crippen LogP contribution in [-0.4, -0.2) is 52.2 Å². The standard InChI is InChI=1S/C25H29N3O2S/c29-22-8-10-27(11-9-22)15-19-6-7-24-21(14-19)16-28(12-13-30-24)17-25-26-23(18-31-25)20-4-2-1-3-5-20/h1-7,14,18,22,29H,8-13,15-17H2. The zero-order valence-corrected chi connectivity index (χ0v) is 18.6. The Balaban J connectivity index is 1.26. The Hall–Kier alpha value is -2.25. The van der Waals surface area contributed by atoms with Gasteiger partial charge >= 0.3 is 0 Å². The van der Waals surface area contributed by atoms with Crippen molar-refractivity contribution in [3.05, 3.63) is 70.0 Å². The highest BCUT2D eigenvalue weighted by molar-refractivity contribution is 7.09. The first kappa shape index (κ1) is 20.6. The van der Waals surface area contributed by atoms with E-state index in [1.54, 1.807) is 11.3 Å². The number of aliphatic hydroxyl groups excluding tert-OH is 1. The van der Waals surface area contributed by atoms with E-state index in [0.717, 1.165) is 68.6 Å². The molecule has 0 radical (unpaired) electrons. The molecule has 0 bridgehead atoms. The molecule has 5 nitrogen and oxygen atoms in total. The lowest BCUT2D eigenvalue weighted by atomic mass is 10.1. The van der Waals surface area contributed by atoms with Gasteiger partial charge in [0.15, 0.2) is 0 Å². The highest BCUT2D eigenvalue weighted by Gasteiger charge is 2.20. The maximum Gasteiger partial charge on any atom is 0.123 e. The first-order valence-corrected chi connectivity index (χ1v) is 12.0. The van der Waals surface area contributed by atoms with Gasteiger partial charge in [-0.1, -0.05) is 36.4 Å². The Morgan fingerprint density at radius 3 is 2.68 bits per heavy atom. The van der Waals surface area contributed by atoms with Gasteiger partial charge in [0.25, 0.3) is 0 Å². The molecule has 0 unspecified atom stereocenters. The average Bonchev–Trinajstić information content (AvgIpc) is 3.16. The summed E-state index contributed by atoms with van der Waals surface area (Å²) in [5.74, 6) is 1.00. The van der Waals surface area contributed by atoms with Crippen LogP contribution in [0.2, 0.25) is 0 Å². The van der Waals surface area contributed by atoms with E-state index in [4.69, 9.17) is 9.72 Å². The van der Waals surface area contributed by atoms with Crippen LogP contribution in [0.5, 0.6) is 5.75 Å². The summed E-state index contributed by atoms with van der Waals surface area (Å²) in [4.78, 5) is 9.74. The third kappa shape index (κ3) is 5.15. The number of nitrogens with zero attached hydrogens (tertiary/aromatic N) is 3. The number of thiazole rings is 1. The molecule has 3 aromatic rings. The number of hydrogen-bond donors (Lipinski definition) is 1. The second kappa shape index (κ2) is 9.49. The topological polar surface area (TPSA) is 48.8 Å². The van der Waals surface area contributed by atoms with Gasteiger partial charge in [-0.3, -0.25) is 9.80 Å². The van der Waals surface area contributed by atoms with Crippen molar-refractivity contribution in [3.8, 4) is 17.0 Å². The van der Waals surface area contributed by atoms with Crippen LogP contribution in [0.25, 0.3) is 11.3 Å². The lowest BCUT2D eigenvalue weighted by molar-refractivity contribution is 0.0792. The molecule has 2 aliphatic heterocycles. The molecule has 2 aliphatic rings. The maximum atomic E-state index is 9.75. The lowest BCUT2D eigenvalue weighted by Crippen LogP contribution is -2.35. The van der Waals surface area contributed by atoms with Gasteiger partial charge in [-0.25, -0.2) is 4.98 Å². The van der Waals surface area contributed by atoms with E-state index >= 15 is 0 Å². The number of fused-ring (bicyclic) bond motifs is 1. The second-order valence-corrected chi connectivity index (χ2v) is 9.44. The van der Waals surface area contributed by atoms with Crippen molar-refractivity contribution >= 4 is 11.3 Å². The molecule has 1 aromatic heterocycles. The van der Waals surface area contributed by atoms with Crippen molar-refractivity contribution in [1.82, 2.24) is 14.8 Å². The van der Waals surface area contributed by atoms with Crippen molar-refractivity contribution in [3.63, 3.8) is 0 Å². The minimum absolute atomic E-state index is 0.126. The Morgan fingerprint density at radius 2 is 1.84 bits per heavy atom. The van der Waals surface area contributed by atoms with Crippen LogP contribution < -0.4 is 4.74 Å². The third-order valence-corrected chi connectivity index (χ3v) is 6.96. The molecule has 162 valence electrons. The quantitative estimate of drug-likeness (QED) is 0.652. The molecule has 1 saturated heterocycles. The molecule has 1 fully saturated rings. The predicted molar refractivity (Wildman–Crippen MR) is 124 cm³/mol. The van der Waals surface area contributed by atoms with Gasteiger partial charge in [0.1, 0.15) is 17.4 Å². The van der Waals surface area contributed by atoms with Crippen LogP contribution in [0, 0.1) is 0 Å². The van der Waals surface area contributed by atoms with E-state index in [0.29, 0.717) is 6.61 Å². The van der Waals surface area contributed by atoms with Crippen molar-refractivity contribution in [2.75, 3.05) is 26.2 Å². The number of aromatic nitrogens is 1. The molecule has 5 rings (SSSR count). The third-order valence-electron chi connectivity index (χ3n) is 6.13. The van der Waals surface area contributed by atoms with Crippen LogP contribution in [0.1, 0.15) is 29.0 Å². The van der Waals surface area contributed by atoms with Crippen molar-refractivity contribution in [2.45, 2.75) is 38.6 Å². The molecule has 0 saturated carbocycles. The highest BCUT2D eigenvalue weighted by atomic mass is 32.1. The molecule has 0 spiro atoms. The maximum absolute atomic E-state index is 9.75. The van der Waals surface area contributed by atoms with Gasteiger partial charge in [-0.2, -0.15) is 0 Å². The minimum atomic E-state index is -0.126. The number of piperidine rings is 1. The van der Waals surface area contributed by atoms with Gasteiger partial charge < -0.3 is 9.84 Å². The molecule has 0 aliphatic carbocycles.